The highest BCUT2D eigenvalue weighted by Gasteiger charge is 2.10. The number of methoxy groups -OCH3 is 1. The van der Waals surface area contributed by atoms with E-state index in [0.717, 1.165) is 31.8 Å². The Labute approximate surface area is 117 Å². The van der Waals surface area contributed by atoms with Gasteiger partial charge in [0.05, 0.1) is 7.11 Å². The number of nitrogens with two attached hydrogens (primary N) is 1. The van der Waals surface area contributed by atoms with Gasteiger partial charge in [-0.3, -0.25) is 0 Å². The molecule has 3 N–H and O–H groups in total. The molecule has 19 heavy (non-hydrogen) atoms. The van der Waals surface area contributed by atoms with Crippen LogP contribution in [0.15, 0.2) is 18.2 Å². The molecule has 1 aromatic carbocycles. The lowest BCUT2D eigenvalue weighted by atomic mass is 9.96. The van der Waals surface area contributed by atoms with Gasteiger partial charge < -0.3 is 15.8 Å². The third-order valence-corrected chi connectivity index (χ3v) is 3.66. The van der Waals surface area contributed by atoms with Crippen molar-refractivity contribution in [1.29, 1.82) is 0 Å². The predicted octanol–water partition coefficient (Wildman–Crippen LogP) is 2.37. The van der Waals surface area contributed by atoms with E-state index in [-0.39, 0.29) is 0 Å². The van der Waals surface area contributed by atoms with Gasteiger partial charge in [0.1, 0.15) is 5.75 Å². The number of aryl methyl sites for hydroxylation is 1. The Kier molecular flexibility index (Phi) is 6.89. The summed E-state index contributed by atoms with van der Waals surface area (Å²) in [5, 5.41) is 3.50. The molecule has 3 nitrogen and oxygen atoms in total. The average molecular weight is 264 g/mol. The van der Waals surface area contributed by atoms with E-state index in [4.69, 9.17) is 10.5 Å². The van der Waals surface area contributed by atoms with E-state index in [1.165, 1.54) is 11.1 Å². The topological polar surface area (TPSA) is 47.3 Å². The maximum Gasteiger partial charge on any atom is 0.122 e. The molecule has 0 heterocycles. The summed E-state index contributed by atoms with van der Waals surface area (Å²) in [5.41, 5.74) is 8.32. The first kappa shape index (κ1) is 16.0. The molecule has 0 aliphatic heterocycles. The molecular weight excluding hydrogens is 236 g/mol. The van der Waals surface area contributed by atoms with Crippen LogP contribution in [-0.4, -0.2) is 26.7 Å². The zero-order valence-electron chi connectivity index (χ0n) is 12.7. The molecule has 1 aromatic rings. The van der Waals surface area contributed by atoms with E-state index < -0.39 is 0 Å². The first-order valence-corrected chi connectivity index (χ1v) is 7.12. The molecule has 108 valence electrons. The average Bonchev–Trinajstić information content (AvgIpc) is 2.38. The highest BCUT2D eigenvalue weighted by Crippen LogP contribution is 2.19. The molecule has 0 aromatic heterocycles. The van der Waals surface area contributed by atoms with E-state index in [1.54, 1.807) is 7.11 Å². The van der Waals surface area contributed by atoms with Gasteiger partial charge in [0.15, 0.2) is 0 Å². The van der Waals surface area contributed by atoms with E-state index in [0.29, 0.717) is 11.8 Å². The van der Waals surface area contributed by atoms with Gasteiger partial charge in [0.2, 0.25) is 0 Å². The molecule has 1 rings (SSSR count). The highest BCUT2D eigenvalue weighted by molar-refractivity contribution is 5.37. The molecule has 0 aliphatic rings. The van der Waals surface area contributed by atoms with Crippen molar-refractivity contribution in [2.75, 3.05) is 26.7 Å². The molecule has 3 heteroatoms. The summed E-state index contributed by atoms with van der Waals surface area (Å²) in [5.74, 6) is 2.16. The molecule has 0 radical (unpaired) electrons. The van der Waals surface area contributed by atoms with Gasteiger partial charge in [-0.2, -0.15) is 0 Å². The van der Waals surface area contributed by atoms with Crippen LogP contribution >= 0.6 is 0 Å². The Hall–Kier alpha value is -1.06. The number of hydrogen-bond acceptors (Lipinski definition) is 3. The van der Waals surface area contributed by atoms with E-state index in [9.17, 15) is 0 Å². The Morgan fingerprint density at radius 3 is 2.63 bits per heavy atom. The second-order valence-electron chi connectivity index (χ2n) is 5.51. The van der Waals surface area contributed by atoms with Crippen molar-refractivity contribution >= 4 is 0 Å². The fourth-order valence-electron chi connectivity index (χ4n) is 2.20. The van der Waals surface area contributed by atoms with Crippen molar-refractivity contribution in [3.8, 4) is 5.75 Å². The maximum absolute atomic E-state index is 5.77. The van der Waals surface area contributed by atoms with Crippen molar-refractivity contribution in [1.82, 2.24) is 5.32 Å². The van der Waals surface area contributed by atoms with Crippen molar-refractivity contribution < 1.29 is 4.74 Å². The van der Waals surface area contributed by atoms with Crippen LogP contribution in [0.1, 0.15) is 25.0 Å². The fraction of sp³-hybridized carbons (Fsp3) is 0.625. The quantitative estimate of drug-likeness (QED) is 0.709. The fourth-order valence-corrected chi connectivity index (χ4v) is 2.20. The maximum atomic E-state index is 5.77. The summed E-state index contributed by atoms with van der Waals surface area (Å²) in [6.07, 6.45) is 0.986. The molecule has 1 atom stereocenters. The van der Waals surface area contributed by atoms with Crippen LogP contribution in [0.3, 0.4) is 0 Å². The molecule has 0 bridgehead atoms. The Morgan fingerprint density at radius 2 is 2.05 bits per heavy atom. The summed E-state index contributed by atoms with van der Waals surface area (Å²) in [6, 6.07) is 6.32. The van der Waals surface area contributed by atoms with Crippen LogP contribution in [0, 0.1) is 18.8 Å². The number of ether oxygens (including phenoxy) is 1. The van der Waals surface area contributed by atoms with Gasteiger partial charge in [0, 0.05) is 0 Å². The Morgan fingerprint density at radius 1 is 1.32 bits per heavy atom. The first-order valence-electron chi connectivity index (χ1n) is 7.12. The lowest BCUT2D eigenvalue weighted by Gasteiger charge is -2.19. The first-order chi connectivity index (χ1) is 9.08. The summed E-state index contributed by atoms with van der Waals surface area (Å²) >= 11 is 0. The molecule has 0 amide bonds. The largest absolute Gasteiger partial charge is 0.496 e. The van der Waals surface area contributed by atoms with Crippen LogP contribution in [0.4, 0.5) is 0 Å². The Balaban J connectivity index is 2.42. The van der Waals surface area contributed by atoms with Gasteiger partial charge in [-0.25, -0.2) is 0 Å². The summed E-state index contributed by atoms with van der Waals surface area (Å²) < 4.78 is 5.39. The van der Waals surface area contributed by atoms with Gasteiger partial charge in [-0.15, -0.1) is 0 Å². The van der Waals surface area contributed by atoms with Gasteiger partial charge >= 0.3 is 0 Å². The van der Waals surface area contributed by atoms with Crippen LogP contribution < -0.4 is 15.8 Å². The molecule has 0 aliphatic carbocycles. The van der Waals surface area contributed by atoms with Crippen LogP contribution in [0.2, 0.25) is 0 Å². The predicted molar refractivity (Wildman–Crippen MR) is 81.7 cm³/mol. The SMILES string of the molecule is COc1ccc(C)cc1CCNCC(CN)C(C)C. The van der Waals surface area contributed by atoms with Crippen molar-refractivity contribution in [3.05, 3.63) is 29.3 Å². The lowest BCUT2D eigenvalue weighted by Crippen LogP contribution is -2.32. The van der Waals surface area contributed by atoms with Crippen LogP contribution in [0.5, 0.6) is 5.75 Å². The van der Waals surface area contributed by atoms with Crippen LogP contribution in [0.25, 0.3) is 0 Å². The molecule has 1 unspecified atom stereocenters. The smallest absolute Gasteiger partial charge is 0.122 e. The van der Waals surface area contributed by atoms with Gasteiger partial charge in [-0.05, 0) is 56.4 Å². The number of rotatable bonds is 8. The minimum Gasteiger partial charge on any atom is -0.496 e. The zero-order chi connectivity index (χ0) is 14.3. The van der Waals surface area contributed by atoms with Gasteiger partial charge in [0.25, 0.3) is 0 Å². The van der Waals surface area contributed by atoms with Crippen molar-refractivity contribution in [2.24, 2.45) is 17.6 Å². The minimum atomic E-state index is 0.555. The lowest BCUT2D eigenvalue weighted by molar-refractivity contribution is 0.371. The highest BCUT2D eigenvalue weighted by atomic mass is 16.5. The molecule has 0 saturated carbocycles. The zero-order valence-corrected chi connectivity index (χ0v) is 12.7. The second-order valence-corrected chi connectivity index (χ2v) is 5.51. The van der Waals surface area contributed by atoms with E-state index in [2.05, 4.69) is 38.2 Å². The normalized spacial score (nSPS) is 12.7. The third-order valence-electron chi connectivity index (χ3n) is 3.66. The molecule has 0 spiro atoms. The van der Waals surface area contributed by atoms with E-state index in [1.807, 2.05) is 6.07 Å². The number of benzene rings is 1. The standard InChI is InChI=1S/C16H28N2O/c1-12(2)15(10-17)11-18-8-7-14-9-13(3)5-6-16(14)19-4/h5-6,9,12,15,18H,7-8,10-11,17H2,1-4H3. The minimum absolute atomic E-state index is 0.555. The van der Waals surface area contributed by atoms with Crippen molar-refractivity contribution in [3.63, 3.8) is 0 Å². The molecule has 0 fully saturated rings. The van der Waals surface area contributed by atoms with Gasteiger partial charge in [-0.1, -0.05) is 31.5 Å². The number of nitrogens with one attached hydrogen (secondary N) is 1. The second kappa shape index (κ2) is 8.18. The van der Waals surface area contributed by atoms with Crippen LogP contribution in [-0.2, 0) is 6.42 Å². The van der Waals surface area contributed by atoms with E-state index >= 15 is 0 Å². The third kappa shape index (κ3) is 5.21. The number of hydrogen-bond donors (Lipinski definition) is 2. The van der Waals surface area contributed by atoms with Crippen molar-refractivity contribution in [2.45, 2.75) is 27.2 Å². The monoisotopic (exact) mass is 264 g/mol. The summed E-state index contributed by atoms with van der Waals surface area (Å²) in [7, 11) is 1.73. The Bertz CT molecular complexity index is 377. The summed E-state index contributed by atoms with van der Waals surface area (Å²) in [4.78, 5) is 0. The summed E-state index contributed by atoms with van der Waals surface area (Å²) in [6.45, 7) is 9.26. The molecular formula is C16H28N2O. The molecule has 0 saturated heterocycles.